The maximum atomic E-state index is 6.53. The second-order valence-corrected chi connectivity index (χ2v) is 6.37. The molecule has 2 nitrogen and oxygen atoms in total. The van der Waals surface area contributed by atoms with E-state index < -0.39 is 0 Å². The molecule has 1 aliphatic carbocycles. The van der Waals surface area contributed by atoms with E-state index in [1.807, 2.05) is 6.07 Å². The Hall–Kier alpha value is -1.02. The first-order chi connectivity index (χ1) is 9.66. The van der Waals surface area contributed by atoms with Gasteiger partial charge in [-0.3, -0.25) is 0 Å². The van der Waals surface area contributed by atoms with Crippen LogP contribution in [0.1, 0.15) is 70.4 Å². The molecule has 1 fully saturated rings. The highest BCUT2D eigenvalue weighted by molar-refractivity contribution is 5.31. The fourth-order valence-corrected chi connectivity index (χ4v) is 3.19. The maximum Gasteiger partial charge on any atom is 0.120 e. The molecular formula is C18H29NO. The van der Waals surface area contributed by atoms with E-state index in [0.29, 0.717) is 5.92 Å². The molecule has 20 heavy (non-hydrogen) atoms. The first-order valence-electron chi connectivity index (χ1n) is 8.19. The molecule has 0 aromatic heterocycles. The van der Waals surface area contributed by atoms with Crippen LogP contribution < -0.4 is 10.5 Å². The SMILES string of the molecule is CC(C)Oc1cccc(C(N)C2CCCCCCC2)c1. The zero-order chi connectivity index (χ0) is 14.4. The molecule has 112 valence electrons. The lowest BCUT2D eigenvalue weighted by molar-refractivity contribution is 0.241. The van der Waals surface area contributed by atoms with Crippen LogP contribution in [0.2, 0.25) is 0 Å². The van der Waals surface area contributed by atoms with Gasteiger partial charge in [-0.2, -0.15) is 0 Å². The van der Waals surface area contributed by atoms with E-state index in [9.17, 15) is 0 Å². The van der Waals surface area contributed by atoms with Gasteiger partial charge in [-0.15, -0.1) is 0 Å². The number of benzene rings is 1. The predicted molar refractivity (Wildman–Crippen MR) is 84.9 cm³/mol. The van der Waals surface area contributed by atoms with Gasteiger partial charge < -0.3 is 10.5 Å². The molecule has 2 heteroatoms. The van der Waals surface area contributed by atoms with Crippen molar-refractivity contribution >= 4 is 0 Å². The Morgan fingerprint density at radius 3 is 2.35 bits per heavy atom. The van der Waals surface area contributed by atoms with Gasteiger partial charge in [-0.25, -0.2) is 0 Å². The van der Waals surface area contributed by atoms with Gasteiger partial charge in [0, 0.05) is 6.04 Å². The zero-order valence-electron chi connectivity index (χ0n) is 13.0. The highest BCUT2D eigenvalue weighted by Crippen LogP contribution is 2.32. The lowest BCUT2D eigenvalue weighted by Crippen LogP contribution is -2.22. The van der Waals surface area contributed by atoms with Gasteiger partial charge in [0.2, 0.25) is 0 Å². The lowest BCUT2D eigenvalue weighted by atomic mass is 9.83. The van der Waals surface area contributed by atoms with Crippen LogP contribution in [0.5, 0.6) is 5.75 Å². The molecule has 2 N–H and O–H groups in total. The van der Waals surface area contributed by atoms with Gasteiger partial charge in [-0.1, -0.05) is 44.2 Å². The lowest BCUT2D eigenvalue weighted by Gasteiger charge is -2.26. The normalized spacial score (nSPS) is 19.4. The highest BCUT2D eigenvalue weighted by Gasteiger charge is 2.20. The minimum absolute atomic E-state index is 0.156. The molecule has 1 saturated carbocycles. The molecule has 1 aromatic carbocycles. The van der Waals surface area contributed by atoms with E-state index in [4.69, 9.17) is 10.5 Å². The largest absolute Gasteiger partial charge is 0.491 e. The molecule has 0 amide bonds. The van der Waals surface area contributed by atoms with Crippen molar-refractivity contribution in [2.75, 3.05) is 0 Å². The number of nitrogens with two attached hydrogens (primary N) is 1. The van der Waals surface area contributed by atoms with Gasteiger partial charge >= 0.3 is 0 Å². The molecule has 0 radical (unpaired) electrons. The Morgan fingerprint density at radius 1 is 1.05 bits per heavy atom. The van der Waals surface area contributed by atoms with Crippen molar-refractivity contribution in [2.24, 2.45) is 11.7 Å². The summed E-state index contributed by atoms with van der Waals surface area (Å²) in [6.45, 7) is 4.11. The van der Waals surface area contributed by atoms with E-state index in [0.717, 1.165) is 5.75 Å². The Labute approximate surface area is 123 Å². The molecule has 1 aromatic rings. The second kappa shape index (κ2) is 7.68. The first-order valence-corrected chi connectivity index (χ1v) is 8.19. The molecule has 0 heterocycles. The average molecular weight is 275 g/mol. The third-order valence-corrected chi connectivity index (χ3v) is 4.27. The maximum absolute atomic E-state index is 6.53. The molecular weight excluding hydrogens is 246 g/mol. The fourth-order valence-electron chi connectivity index (χ4n) is 3.19. The summed E-state index contributed by atoms with van der Waals surface area (Å²) in [6.07, 6.45) is 9.58. The van der Waals surface area contributed by atoms with Crippen molar-refractivity contribution in [3.05, 3.63) is 29.8 Å². The summed E-state index contributed by atoms with van der Waals surface area (Å²) in [6, 6.07) is 8.52. The second-order valence-electron chi connectivity index (χ2n) is 6.37. The van der Waals surface area contributed by atoms with Crippen LogP contribution in [0.4, 0.5) is 0 Å². The van der Waals surface area contributed by atoms with E-state index >= 15 is 0 Å². The van der Waals surface area contributed by atoms with Crippen molar-refractivity contribution in [3.8, 4) is 5.75 Å². The number of ether oxygens (including phenoxy) is 1. The van der Waals surface area contributed by atoms with Crippen LogP contribution in [0.25, 0.3) is 0 Å². The van der Waals surface area contributed by atoms with Crippen LogP contribution in [-0.2, 0) is 0 Å². The summed E-state index contributed by atoms with van der Waals surface area (Å²) in [5.74, 6) is 1.57. The molecule has 0 bridgehead atoms. The van der Waals surface area contributed by atoms with Gasteiger partial charge in [-0.05, 0) is 50.3 Å². The smallest absolute Gasteiger partial charge is 0.120 e. The molecule has 0 saturated heterocycles. The molecule has 2 rings (SSSR count). The van der Waals surface area contributed by atoms with Gasteiger partial charge in [0.1, 0.15) is 5.75 Å². The van der Waals surface area contributed by atoms with E-state index in [1.165, 1.54) is 50.5 Å². The summed E-state index contributed by atoms with van der Waals surface area (Å²) in [5.41, 5.74) is 7.76. The Balaban J connectivity index is 2.04. The predicted octanol–water partition coefficient (Wildman–Crippen LogP) is 4.83. The third kappa shape index (κ3) is 4.52. The van der Waals surface area contributed by atoms with Crippen molar-refractivity contribution in [1.82, 2.24) is 0 Å². The van der Waals surface area contributed by atoms with E-state index in [1.54, 1.807) is 0 Å². The molecule has 1 unspecified atom stereocenters. The summed E-state index contributed by atoms with van der Waals surface area (Å²) in [7, 11) is 0. The van der Waals surface area contributed by atoms with Crippen LogP contribution >= 0.6 is 0 Å². The number of hydrogen-bond acceptors (Lipinski definition) is 2. The standard InChI is InChI=1S/C18H29NO/c1-14(2)20-17-12-8-11-16(13-17)18(19)15-9-6-4-3-5-7-10-15/h8,11-15,18H,3-7,9-10,19H2,1-2H3. The molecule has 0 spiro atoms. The van der Waals surface area contributed by atoms with Crippen LogP contribution in [0.3, 0.4) is 0 Å². The summed E-state index contributed by atoms with van der Waals surface area (Å²) in [4.78, 5) is 0. The summed E-state index contributed by atoms with van der Waals surface area (Å²) in [5, 5.41) is 0. The minimum atomic E-state index is 0.156. The van der Waals surface area contributed by atoms with Crippen molar-refractivity contribution in [3.63, 3.8) is 0 Å². The van der Waals surface area contributed by atoms with E-state index in [2.05, 4.69) is 32.0 Å². The zero-order valence-corrected chi connectivity index (χ0v) is 13.0. The monoisotopic (exact) mass is 275 g/mol. The average Bonchev–Trinajstić information content (AvgIpc) is 2.37. The van der Waals surface area contributed by atoms with Gasteiger partial charge in [0.15, 0.2) is 0 Å². The number of rotatable bonds is 4. The van der Waals surface area contributed by atoms with Crippen molar-refractivity contribution in [1.29, 1.82) is 0 Å². The Morgan fingerprint density at radius 2 is 1.70 bits per heavy atom. The van der Waals surface area contributed by atoms with Crippen molar-refractivity contribution < 1.29 is 4.74 Å². The first kappa shape index (κ1) is 15.4. The topological polar surface area (TPSA) is 35.2 Å². The van der Waals surface area contributed by atoms with Crippen LogP contribution in [-0.4, -0.2) is 6.10 Å². The molecule has 1 atom stereocenters. The molecule has 1 aliphatic rings. The quantitative estimate of drug-likeness (QED) is 0.853. The van der Waals surface area contributed by atoms with E-state index in [-0.39, 0.29) is 12.1 Å². The fraction of sp³-hybridized carbons (Fsp3) is 0.667. The Kier molecular flexibility index (Phi) is 5.90. The van der Waals surface area contributed by atoms with Crippen LogP contribution in [0.15, 0.2) is 24.3 Å². The Bertz CT molecular complexity index is 394. The summed E-state index contributed by atoms with van der Waals surface area (Å²) >= 11 is 0. The summed E-state index contributed by atoms with van der Waals surface area (Å²) < 4.78 is 5.78. The third-order valence-electron chi connectivity index (χ3n) is 4.27. The minimum Gasteiger partial charge on any atom is -0.491 e. The van der Waals surface area contributed by atoms with Gasteiger partial charge in [0.05, 0.1) is 6.10 Å². The van der Waals surface area contributed by atoms with Gasteiger partial charge in [0.25, 0.3) is 0 Å². The molecule has 0 aliphatic heterocycles. The van der Waals surface area contributed by atoms with Crippen LogP contribution in [0, 0.1) is 5.92 Å². The van der Waals surface area contributed by atoms with Crippen molar-refractivity contribution in [2.45, 2.75) is 70.9 Å². The highest BCUT2D eigenvalue weighted by atomic mass is 16.5. The number of hydrogen-bond donors (Lipinski definition) is 1.